The second-order valence-corrected chi connectivity index (χ2v) is 9.17. The number of benzene rings is 1. The molecule has 1 N–H and O–H groups in total. The second-order valence-electron chi connectivity index (χ2n) is 7.45. The molecule has 1 unspecified atom stereocenters. The van der Waals surface area contributed by atoms with Crippen molar-refractivity contribution in [3.05, 3.63) is 65.1 Å². The zero-order chi connectivity index (χ0) is 21.1. The Kier molecular flexibility index (Phi) is 5.85. The number of aromatic nitrogens is 1. The summed E-state index contributed by atoms with van der Waals surface area (Å²) in [5.74, 6) is 0.970. The van der Waals surface area contributed by atoms with Gasteiger partial charge in [-0.3, -0.25) is 4.90 Å². The average Bonchev–Trinajstić information content (AvgIpc) is 2.74. The molecule has 3 heterocycles. The summed E-state index contributed by atoms with van der Waals surface area (Å²) in [6, 6.07) is 12.9. The molecule has 158 valence electrons. The Bertz CT molecular complexity index is 1170. The van der Waals surface area contributed by atoms with E-state index in [2.05, 4.69) is 19.5 Å². The van der Waals surface area contributed by atoms with Crippen LogP contribution in [0.4, 0.5) is 5.82 Å². The SMILES string of the molecule is CC(CN1CCN(c2ccccn2)CC1)NS(=O)(=O)c1ccc2oc(=O)ccc2c1. The van der Waals surface area contributed by atoms with Crippen molar-refractivity contribution < 1.29 is 12.8 Å². The number of nitrogens with one attached hydrogen (secondary N) is 1. The highest BCUT2D eigenvalue weighted by molar-refractivity contribution is 7.89. The van der Waals surface area contributed by atoms with Crippen LogP contribution >= 0.6 is 0 Å². The first-order chi connectivity index (χ1) is 14.4. The van der Waals surface area contributed by atoms with Gasteiger partial charge in [-0.25, -0.2) is 22.9 Å². The molecule has 4 rings (SSSR count). The smallest absolute Gasteiger partial charge is 0.336 e. The topological polar surface area (TPSA) is 95.8 Å². The first-order valence-corrected chi connectivity index (χ1v) is 11.3. The monoisotopic (exact) mass is 428 g/mol. The van der Waals surface area contributed by atoms with Crippen LogP contribution in [0, 0.1) is 0 Å². The fourth-order valence-corrected chi connectivity index (χ4v) is 4.94. The molecule has 0 aliphatic carbocycles. The van der Waals surface area contributed by atoms with Gasteiger partial charge in [0.1, 0.15) is 11.4 Å². The summed E-state index contributed by atoms with van der Waals surface area (Å²) in [6.45, 7) is 5.88. The first-order valence-electron chi connectivity index (χ1n) is 9.85. The van der Waals surface area contributed by atoms with Crippen LogP contribution in [-0.4, -0.2) is 57.1 Å². The summed E-state index contributed by atoms with van der Waals surface area (Å²) in [7, 11) is -3.68. The van der Waals surface area contributed by atoms with Gasteiger partial charge in [0.05, 0.1) is 4.90 Å². The van der Waals surface area contributed by atoms with Crippen LogP contribution in [0.1, 0.15) is 6.92 Å². The van der Waals surface area contributed by atoms with E-state index in [1.807, 2.05) is 25.1 Å². The van der Waals surface area contributed by atoms with Gasteiger partial charge >= 0.3 is 5.63 Å². The fraction of sp³-hybridized carbons (Fsp3) is 0.333. The number of hydrogen-bond donors (Lipinski definition) is 1. The summed E-state index contributed by atoms with van der Waals surface area (Å²) in [5, 5.41) is 0.566. The van der Waals surface area contributed by atoms with Crippen LogP contribution in [0.25, 0.3) is 11.0 Å². The average molecular weight is 429 g/mol. The van der Waals surface area contributed by atoms with E-state index in [0.717, 1.165) is 32.0 Å². The molecule has 1 fully saturated rings. The van der Waals surface area contributed by atoms with Gasteiger partial charge < -0.3 is 9.32 Å². The molecule has 8 nitrogen and oxygen atoms in total. The van der Waals surface area contributed by atoms with E-state index >= 15 is 0 Å². The molecule has 2 aromatic heterocycles. The van der Waals surface area contributed by atoms with Crippen molar-refractivity contribution in [3.63, 3.8) is 0 Å². The maximum Gasteiger partial charge on any atom is 0.336 e. The highest BCUT2D eigenvalue weighted by Gasteiger charge is 2.23. The largest absolute Gasteiger partial charge is 0.423 e. The van der Waals surface area contributed by atoms with Crippen molar-refractivity contribution in [2.75, 3.05) is 37.6 Å². The minimum absolute atomic E-state index is 0.149. The normalized spacial score (nSPS) is 16.6. The lowest BCUT2D eigenvalue weighted by atomic mass is 10.2. The van der Waals surface area contributed by atoms with Gasteiger partial charge in [-0.15, -0.1) is 0 Å². The van der Waals surface area contributed by atoms with Crippen LogP contribution < -0.4 is 15.2 Å². The lowest BCUT2D eigenvalue weighted by molar-refractivity contribution is 0.241. The standard InChI is InChI=1S/C21H24N4O4S/c1-16(15-24-10-12-25(13-11-24)20-4-2-3-9-22-20)23-30(27,28)18-6-7-19-17(14-18)5-8-21(26)29-19/h2-9,14,16,23H,10-13,15H2,1H3. The molecular formula is C21H24N4O4S. The molecule has 1 saturated heterocycles. The van der Waals surface area contributed by atoms with Gasteiger partial charge in [0, 0.05) is 56.4 Å². The Labute approximate surface area is 175 Å². The van der Waals surface area contributed by atoms with E-state index in [1.165, 1.54) is 24.3 Å². The van der Waals surface area contributed by atoms with Gasteiger partial charge in [0.15, 0.2) is 0 Å². The van der Waals surface area contributed by atoms with Crippen molar-refractivity contribution >= 4 is 26.8 Å². The van der Waals surface area contributed by atoms with Gasteiger partial charge in [-0.2, -0.15) is 0 Å². The van der Waals surface area contributed by atoms with Gasteiger partial charge in [0.25, 0.3) is 0 Å². The molecule has 0 bridgehead atoms. The summed E-state index contributed by atoms with van der Waals surface area (Å²) in [5.41, 5.74) is -0.103. The number of nitrogens with zero attached hydrogens (tertiary/aromatic N) is 3. The molecule has 0 saturated carbocycles. The van der Waals surface area contributed by atoms with E-state index in [-0.39, 0.29) is 10.9 Å². The Morgan fingerprint density at radius 1 is 1.10 bits per heavy atom. The minimum Gasteiger partial charge on any atom is -0.423 e. The van der Waals surface area contributed by atoms with Crippen molar-refractivity contribution in [1.29, 1.82) is 0 Å². The molecule has 0 radical (unpaired) electrons. The minimum atomic E-state index is -3.68. The first kappa shape index (κ1) is 20.5. The third kappa shape index (κ3) is 4.69. The van der Waals surface area contributed by atoms with E-state index in [4.69, 9.17) is 4.42 Å². The van der Waals surface area contributed by atoms with Crippen LogP contribution in [0.3, 0.4) is 0 Å². The molecule has 0 amide bonds. The van der Waals surface area contributed by atoms with Crippen molar-refractivity contribution in [2.24, 2.45) is 0 Å². The van der Waals surface area contributed by atoms with E-state index in [1.54, 1.807) is 12.3 Å². The maximum atomic E-state index is 12.8. The van der Waals surface area contributed by atoms with E-state index in [9.17, 15) is 13.2 Å². The molecule has 0 spiro atoms. The van der Waals surface area contributed by atoms with E-state index in [0.29, 0.717) is 17.5 Å². The quantitative estimate of drug-likeness (QED) is 0.597. The predicted octanol–water partition coefficient (Wildman–Crippen LogP) is 1.68. The third-order valence-electron chi connectivity index (χ3n) is 5.14. The maximum absolute atomic E-state index is 12.8. The van der Waals surface area contributed by atoms with Crippen LogP contribution in [0.2, 0.25) is 0 Å². The Hall–Kier alpha value is -2.75. The molecule has 1 aliphatic heterocycles. The second kappa shape index (κ2) is 8.55. The fourth-order valence-electron chi connectivity index (χ4n) is 3.67. The number of hydrogen-bond acceptors (Lipinski definition) is 7. The molecule has 1 atom stereocenters. The number of pyridine rings is 1. The molecule has 3 aromatic rings. The third-order valence-corrected chi connectivity index (χ3v) is 6.72. The Balaban J connectivity index is 1.36. The Morgan fingerprint density at radius 2 is 1.90 bits per heavy atom. The van der Waals surface area contributed by atoms with Crippen LogP contribution in [-0.2, 0) is 10.0 Å². The summed E-state index contributed by atoms with van der Waals surface area (Å²) < 4.78 is 33.4. The highest BCUT2D eigenvalue weighted by atomic mass is 32.2. The van der Waals surface area contributed by atoms with Crippen molar-refractivity contribution in [1.82, 2.24) is 14.6 Å². The zero-order valence-corrected chi connectivity index (χ0v) is 17.5. The molecule has 9 heteroatoms. The van der Waals surface area contributed by atoms with Crippen molar-refractivity contribution in [3.8, 4) is 0 Å². The lowest BCUT2D eigenvalue weighted by Crippen LogP contribution is -2.51. The number of sulfonamides is 1. The molecule has 30 heavy (non-hydrogen) atoms. The van der Waals surface area contributed by atoms with E-state index < -0.39 is 15.6 Å². The number of anilines is 1. The number of fused-ring (bicyclic) bond motifs is 1. The molecule has 1 aliphatic rings. The van der Waals surface area contributed by atoms with Gasteiger partial charge in [-0.1, -0.05) is 6.07 Å². The zero-order valence-electron chi connectivity index (χ0n) is 16.7. The van der Waals surface area contributed by atoms with Gasteiger partial charge in [0.2, 0.25) is 10.0 Å². The van der Waals surface area contributed by atoms with Crippen LogP contribution in [0.5, 0.6) is 0 Å². The molecule has 1 aromatic carbocycles. The Morgan fingerprint density at radius 3 is 2.63 bits per heavy atom. The van der Waals surface area contributed by atoms with Crippen molar-refractivity contribution in [2.45, 2.75) is 17.9 Å². The predicted molar refractivity (Wildman–Crippen MR) is 115 cm³/mol. The molecular weight excluding hydrogens is 404 g/mol. The lowest BCUT2D eigenvalue weighted by Gasteiger charge is -2.36. The summed E-state index contributed by atoms with van der Waals surface area (Å²) in [4.78, 5) is 20.3. The van der Waals surface area contributed by atoms with Crippen LogP contribution in [0.15, 0.2) is 68.8 Å². The summed E-state index contributed by atoms with van der Waals surface area (Å²) >= 11 is 0. The highest BCUT2D eigenvalue weighted by Crippen LogP contribution is 2.18. The van der Waals surface area contributed by atoms with Gasteiger partial charge in [-0.05, 0) is 43.3 Å². The number of rotatable bonds is 6. The summed E-state index contributed by atoms with van der Waals surface area (Å²) in [6.07, 6.45) is 1.79. The number of piperazine rings is 1.